The quantitative estimate of drug-likeness (QED) is 0.766. The molecule has 0 atom stereocenters. The second kappa shape index (κ2) is 6.19. The van der Waals surface area contributed by atoms with Crippen molar-refractivity contribution in [2.45, 2.75) is 33.6 Å². The molecule has 2 aromatic rings. The molecular weight excluding hydrogens is 264 g/mol. The predicted molar refractivity (Wildman–Crippen MR) is 91.7 cm³/mol. The molecule has 20 heavy (non-hydrogen) atoms. The average Bonchev–Trinajstić information content (AvgIpc) is 2.47. The minimum absolute atomic E-state index is 0.104. The number of benzene rings is 1. The number of fused-ring (bicyclic) bond motifs is 1. The summed E-state index contributed by atoms with van der Waals surface area (Å²) in [7, 11) is 0. The van der Waals surface area contributed by atoms with Crippen molar-refractivity contribution in [3.8, 4) is 0 Å². The topological polar surface area (TPSA) is 17.1 Å². The molecule has 2 heteroatoms. The Morgan fingerprint density at radius 3 is 2.55 bits per heavy atom. The highest BCUT2D eigenvalue weighted by Gasteiger charge is 2.12. The minimum Gasteiger partial charge on any atom is -0.289 e. The summed E-state index contributed by atoms with van der Waals surface area (Å²) >= 11 is 1.69. The largest absolute Gasteiger partial charge is 0.289 e. The highest BCUT2D eigenvalue weighted by Crippen LogP contribution is 2.29. The van der Waals surface area contributed by atoms with Crippen molar-refractivity contribution in [1.82, 2.24) is 0 Å². The van der Waals surface area contributed by atoms with Gasteiger partial charge >= 0.3 is 0 Å². The van der Waals surface area contributed by atoms with E-state index in [1.165, 1.54) is 11.1 Å². The SMILES string of the molecule is C=Cc1c(/C=C\C)sc2c(CC)cc(CC)cc2c1=O. The van der Waals surface area contributed by atoms with Gasteiger partial charge in [-0.3, -0.25) is 4.79 Å². The van der Waals surface area contributed by atoms with E-state index in [1.54, 1.807) is 17.4 Å². The second-order valence-corrected chi connectivity index (χ2v) is 5.80. The summed E-state index contributed by atoms with van der Waals surface area (Å²) in [5, 5.41) is 0.842. The first-order valence-electron chi connectivity index (χ1n) is 7.03. The number of rotatable bonds is 4. The van der Waals surface area contributed by atoms with Crippen LogP contribution in [-0.2, 0) is 12.8 Å². The highest BCUT2D eigenvalue weighted by molar-refractivity contribution is 7.19. The molecule has 1 aromatic heterocycles. The van der Waals surface area contributed by atoms with E-state index in [4.69, 9.17) is 0 Å². The zero-order valence-corrected chi connectivity index (χ0v) is 13.1. The van der Waals surface area contributed by atoms with Crippen LogP contribution in [0.3, 0.4) is 0 Å². The lowest BCUT2D eigenvalue weighted by Gasteiger charge is -2.09. The van der Waals surface area contributed by atoms with Crippen molar-refractivity contribution in [2.75, 3.05) is 0 Å². The van der Waals surface area contributed by atoms with Gasteiger partial charge in [0, 0.05) is 20.5 Å². The Bertz CT molecular complexity index is 735. The van der Waals surface area contributed by atoms with Gasteiger partial charge in [0.2, 0.25) is 0 Å². The lowest BCUT2D eigenvalue weighted by molar-refractivity contribution is 1.10. The first-order chi connectivity index (χ1) is 9.65. The molecule has 0 N–H and O–H groups in total. The molecule has 2 rings (SSSR count). The number of allylic oxidation sites excluding steroid dienone is 1. The zero-order chi connectivity index (χ0) is 14.7. The van der Waals surface area contributed by atoms with Gasteiger partial charge in [-0.2, -0.15) is 0 Å². The van der Waals surface area contributed by atoms with Crippen molar-refractivity contribution in [1.29, 1.82) is 0 Å². The maximum absolute atomic E-state index is 12.7. The van der Waals surface area contributed by atoms with Crippen LogP contribution in [0.1, 0.15) is 42.3 Å². The summed E-state index contributed by atoms with van der Waals surface area (Å²) < 4.78 is 1.12. The maximum atomic E-state index is 12.7. The van der Waals surface area contributed by atoms with E-state index in [0.29, 0.717) is 0 Å². The molecule has 0 aliphatic rings. The normalized spacial score (nSPS) is 11.3. The molecule has 0 spiro atoms. The van der Waals surface area contributed by atoms with E-state index in [2.05, 4.69) is 26.5 Å². The first-order valence-corrected chi connectivity index (χ1v) is 7.85. The molecule has 104 valence electrons. The van der Waals surface area contributed by atoms with Crippen LogP contribution in [0.2, 0.25) is 0 Å². The highest BCUT2D eigenvalue weighted by atomic mass is 32.1. The van der Waals surface area contributed by atoms with E-state index in [9.17, 15) is 4.79 Å². The third-order valence-electron chi connectivity index (χ3n) is 3.50. The molecule has 1 nitrogen and oxygen atoms in total. The van der Waals surface area contributed by atoms with E-state index in [0.717, 1.165) is 33.4 Å². The van der Waals surface area contributed by atoms with Crippen LogP contribution < -0.4 is 5.43 Å². The van der Waals surface area contributed by atoms with Crippen LogP contribution in [0.15, 0.2) is 29.6 Å². The van der Waals surface area contributed by atoms with Gasteiger partial charge < -0.3 is 0 Å². The van der Waals surface area contributed by atoms with Crippen LogP contribution >= 0.6 is 11.3 Å². The van der Waals surface area contributed by atoms with Gasteiger partial charge in [0.05, 0.1) is 0 Å². The van der Waals surface area contributed by atoms with Gasteiger partial charge in [-0.1, -0.05) is 38.6 Å². The predicted octanol–water partition coefficient (Wildman–Crippen LogP) is 5.06. The number of aryl methyl sites for hydroxylation is 2. The molecule has 0 aliphatic carbocycles. The van der Waals surface area contributed by atoms with Crippen molar-refractivity contribution in [3.63, 3.8) is 0 Å². The summed E-state index contributed by atoms with van der Waals surface area (Å²) in [6.45, 7) is 10.0. The summed E-state index contributed by atoms with van der Waals surface area (Å²) in [6, 6.07) is 4.27. The lowest BCUT2D eigenvalue weighted by atomic mass is 10.0. The third-order valence-corrected chi connectivity index (χ3v) is 4.77. The van der Waals surface area contributed by atoms with Crippen molar-refractivity contribution < 1.29 is 0 Å². The van der Waals surface area contributed by atoms with Crippen molar-refractivity contribution >= 4 is 33.6 Å². The van der Waals surface area contributed by atoms with Gasteiger partial charge in [-0.15, -0.1) is 11.3 Å². The lowest BCUT2D eigenvalue weighted by Crippen LogP contribution is -2.07. The number of hydrogen-bond donors (Lipinski definition) is 0. The van der Waals surface area contributed by atoms with Crippen LogP contribution in [0.5, 0.6) is 0 Å². The average molecular weight is 284 g/mol. The Balaban J connectivity index is 2.96. The molecule has 0 saturated carbocycles. The van der Waals surface area contributed by atoms with Gasteiger partial charge in [0.1, 0.15) is 0 Å². The third kappa shape index (κ3) is 2.48. The molecule has 1 heterocycles. The summed E-state index contributed by atoms with van der Waals surface area (Å²) in [6.07, 6.45) is 7.54. The molecule has 0 aliphatic heterocycles. The summed E-state index contributed by atoms with van der Waals surface area (Å²) in [5.41, 5.74) is 3.32. The smallest absolute Gasteiger partial charge is 0.195 e. The van der Waals surface area contributed by atoms with E-state index < -0.39 is 0 Å². The fourth-order valence-electron chi connectivity index (χ4n) is 2.40. The van der Waals surface area contributed by atoms with Gasteiger partial charge in [0.25, 0.3) is 0 Å². The van der Waals surface area contributed by atoms with Crippen LogP contribution in [0.25, 0.3) is 22.2 Å². The molecule has 0 saturated heterocycles. The first kappa shape index (κ1) is 14.7. The Morgan fingerprint density at radius 1 is 1.25 bits per heavy atom. The van der Waals surface area contributed by atoms with Gasteiger partial charge in [-0.05, 0) is 43.0 Å². The summed E-state index contributed by atoms with van der Waals surface area (Å²) in [5.74, 6) is 0. The Labute approximate surface area is 124 Å². The maximum Gasteiger partial charge on any atom is 0.195 e. The standard InChI is InChI=1S/C18H20OS/c1-5-9-16-14(8-4)17(19)15-11-12(6-2)10-13(7-3)18(15)20-16/h5,8-11H,4,6-7H2,1-3H3/b9-5-. The summed E-state index contributed by atoms with van der Waals surface area (Å²) in [4.78, 5) is 13.7. The van der Waals surface area contributed by atoms with Crippen LogP contribution in [-0.4, -0.2) is 0 Å². The molecular formula is C18H20OS. The fourth-order valence-corrected chi connectivity index (χ4v) is 3.71. The minimum atomic E-state index is 0.104. The molecule has 0 fully saturated rings. The Kier molecular flexibility index (Phi) is 4.56. The Morgan fingerprint density at radius 2 is 2.00 bits per heavy atom. The second-order valence-electron chi connectivity index (χ2n) is 4.75. The van der Waals surface area contributed by atoms with E-state index >= 15 is 0 Å². The van der Waals surface area contributed by atoms with Crippen molar-refractivity contribution in [3.05, 3.63) is 56.6 Å². The van der Waals surface area contributed by atoms with Crippen LogP contribution in [0, 0.1) is 0 Å². The number of hydrogen-bond acceptors (Lipinski definition) is 2. The zero-order valence-electron chi connectivity index (χ0n) is 12.3. The molecule has 1 aromatic carbocycles. The Hall–Kier alpha value is -1.67. The van der Waals surface area contributed by atoms with Crippen molar-refractivity contribution in [2.24, 2.45) is 0 Å². The van der Waals surface area contributed by atoms with Gasteiger partial charge in [0.15, 0.2) is 5.43 Å². The van der Waals surface area contributed by atoms with E-state index in [-0.39, 0.29) is 5.43 Å². The van der Waals surface area contributed by atoms with Crippen LogP contribution in [0.4, 0.5) is 0 Å². The molecule has 0 unspecified atom stereocenters. The monoisotopic (exact) mass is 284 g/mol. The van der Waals surface area contributed by atoms with Gasteiger partial charge in [-0.25, -0.2) is 0 Å². The molecule has 0 bridgehead atoms. The molecule has 0 radical (unpaired) electrons. The van der Waals surface area contributed by atoms with E-state index in [1.807, 2.05) is 25.1 Å². The fraction of sp³-hybridized carbons (Fsp3) is 0.278. The molecule has 0 amide bonds.